The SMILES string of the molecule is CN(C)CCN(Cc1ccccc1)C(=O)CN1CC2=C(C1=O)C(c1ccc(C(C)(C)C)cc1)NC(=O)N2C. The monoisotopic (exact) mass is 517 g/mol. The summed E-state index contributed by atoms with van der Waals surface area (Å²) in [5.41, 5.74) is 4.25. The van der Waals surface area contributed by atoms with Crippen molar-refractivity contribution in [2.75, 3.05) is 47.3 Å². The number of amides is 4. The molecule has 0 bridgehead atoms. The lowest BCUT2D eigenvalue weighted by Crippen LogP contribution is -2.45. The Morgan fingerprint density at radius 3 is 2.26 bits per heavy atom. The average Bonchev–Trinajstić information content (AvgIpc) is 3.20. The van der Waals surface area contributed by atoms with Gasteiger partial charge in [-0.25, -0.2) is 4.79 Å². The van der Waals surface area contributed by atoms with Gasteiger partial charge in [0.1, 0.15) is 6.54 Å². The summed E-state index contributed by atoms with van der Waals surface area (Å²) in [4.78, 5) is 46.9. The molecule has 1 N–H and O–H groups in total. The molecule has 1 atom stereocenters. The van der Waals surface area contributed by atoms with E-state index in [2.05, 4.69) is 26.1 Å². The second-order valence-corrected chi connectivity index (χ2v) is 11.4. The van der Waals surface area contributed by atoms with Crippen LogP contribution in [0.25, 0.3) is 0 Å². The van der Waals surface area contributed by atoms with Crippen molar-refractivity contribution in [3.8, 4) is 0 Å². The van der Waals surface area contributed by atoms with Crippen LogP contribution in [0, 0.1) is 0 Å². The minimum atomic E-state index is -0.551. The van der Waals surface area contributed by atoms with Crippen molar-refractivity contribution in [1.82, 2.24) is 24.9 Å². The van der Waals surface area contributed by atoms with Gasteiger partial charge in [0, 0.05) is 26.7 Å². The van der Waals surface area contributed by atoms with Crippen LogP contribution < -0.4 is 5.32 Å². The molecular weight excluding hydrogens is 478 g/mol. The van der Waals surface area contributed by atoms with Gasteiger partial charge in [0.15, 0.2) is 0 Å². The predicted octanol–water partition coefficient (Wildman–Crippen LogP) is 3.37. The smallest absolute Gasteiger partial charge is 0.322 e. The van der Waals surface area contributed by atoms with Crippen LogP contribution in [0.15, 0.2) is 65.9 Å². The highest BCUT2D eigenvalue weighted by atomic mass is 16.2. The lowest BCUT2D eigenvalue weighted by molar-refractivity contribution is -0.138. The number of hydrogen-bond donors (Lipinski definition) is 1. The standard InChI is InChI=1S/C30H39N5O3/c1-30(2,3)23-14-12-22(13-15-23)27-26-24(33(6)29(38)31-27)19-35(28(26)37)20-25(36)34(17-16-32(4)5)18-21-10-8-7-9-11-21/h7-15,27H,16-20H2,1-6H3,(H,31,38). The summed E-state index contributed by atoms with van der Waals surface area (Å²) in [5.74, 6) is -0.325. The van der Waals surface area contributed by atoms with E-state index in [0.717, 1.165) is 17.7 Å². The average molecular weight is 518 g/mol. The number of hydrogen-bond acceptors (Lipinski definition) is 4. The maximum Gasteiger partial charge on any atom is 0.322 e. The van der Waals surface area contributed by atoms with Gasteiger partial charge in [-0.15, -0.1) is 0 Å². The molecule has 8 heteroatoms. The van der Waals surface area contributed by atoms with Gasteiger partial charge in [-0.2, -0.15) is 0 Å². The van der Waals surface area contributed by atoms with E-state index in [1.165, 1.54) is 10.5 Å². The molecule has 0 radical (unpaired) electrons. The lowest BCUT2D eigenvalue weighted by Gasteiger charge is -2.31. The number of benzene rings is 2. The predicted molar refractivity (Wildman–Crippen MR) is 148 cm³/mol. The highest BCUT2D eigenvalue weighted by Gasteiger charge is 2.43. The third kappa shape index (κ3) is 5.91. The number of likely N-dealkylation sites (N-methyl/N-ethyl adjacent to an activating group) is 2. The molecule has 0 saturated carbocycles. The first-order valence-corrected chi connectivity index (χ1v) is 13.1. The molecule has 0 aromatic heterocycles. The molecule has 8 nitrogen and oxygen atoms in total. The van der Waals surface area contributed by atoms with Crippen molar-refractivity contribution in [2.24, 2.45) is 0 Å². The van der Waals surface area contributed by atoms with Gasteiger partial charge >= 0.3 is 6.03 Å². The maximum atomic E-state index is 13.7. The Bertz CT molecular complexity index is 1210. The third-order valence-electron chi connectivity index (χ3n) is 7.26. The summed E-state index contributed by atoms with van der Waals surface area (Å²) in [6.07, 6.45) is 0. The van der Waals surface area contributed by atoms with Gasteiger partial charge in [0.05, 0.1) is 23.9 Å². The van der Waals surface area contributed by atoms with Gasteiger partial charge in [-0.1, -0.05) is 75.4 Å². The molecule has 2 aromatic carbocycles. The first-order valence-electron chi connectivity index (χ1n) is 13.1. The van der Waals surface area contributed by atoms with Crippen molar-refractivity contribution in [3.63, 3.8) is 0 Å². The van der Waals surface area contributed by atoms with Gasteiger partial charge in [-0.3, -0.25) is 14.5 Å². The van der Waals surface area contributed by atoms with Crippen LogP contribution in [0.4, 0.5) is 4.79 Å². The van der Waals surface area contributed by atoms with Crippen molar-refractivity contribution in [3.05, 3.63) is 82.6 Å². The second-order valence-electron chi connectivity index (χ2n) is 11.4. The number of rotatable bonds is 8. The molecule has 4 amide bonds. The van der Waals surface area contributed by atoms with Crippen LogP contribution in [-0.2, 0) is 21.5 Å². The number of nitrogens with zero attached hydrogens (tertiary/aromatic N) is 4. The Morgan fingerprint density at radius 1 is 1.00 bits per heavy atom. The number of nitrogens with one attached hydrogen (secondary N) is 1. The van der Waals surface area contributed by atoms with Crippen LogP contribution >= 0.6 is 0 Å². The fourth-order valence-corrected chi connectivity index (χ4v) is 4.86. The number of carbonyl (C=O) groups is 3. The molecular formula is C30H39N5O3. The van der Waals surface area contributed by atoms with Crippen LogP contribution in [0.2, 0.25) is 0 Å². The molecule has 202 valence electrons. The highest BCUT2D eigenvalue weighted by molar-refractivity contribution is 6.02. The van der Waals surface area contributed by atoms with Crippen LogP contribution in [-0.4, -0.2) is 84.8 Å². The molecule has 0 aliphatic carbocycles. The van der Waals surface area contributed by atoms with Crippen LogP contribution in [0.5, 0.6) is 0 Å². The normalized spacial score (nSPS) is 17.7. The third-order valence-corrected chi connectivity index (χ3v) is 7.26. The molecule has 2 aromatic rings. The molecule has 2 aliphatic heterocycles. The minimum absolute atomic E-state index is 0.00245. The summed E-state index contributed by atoms with van der Waals surface area (Å²) in [5, 5.41) is 2.99. The Morgan fingerprint density at radius 2 is 1.66 bits per heavy atom. The molecule has 2 heterocycles. The molecule has 0 saturated heterocycles. The van der Waals surface area contributed by atoms with E-state index >= 15 is 0 Å². The fourth-order valence-electron chi connectivity index (χ4n) is 4.86. The summed E-state index contributed by atoms with van der Waals surface area (Å²) < 4.78 is 0. The lowest BCUT2D eigenvalue weighted by atomic mass is 9.85. The number of urea groups is 1. The zero-order valence-electron chi connectivity index (χ0n) is 23.3. The van der Waals surface area contributed by atoms with E-state index in [-0.39, 0.29) is 36.3 Å². The molecule has 0 fully saturated rings. The summed E-state index contributed by atoms with van der Waals surface area (Å²) in [7, 11) is 5.61. The Balaban J connectivity index is 1.54. The van der Waals surface area contributed by atoms with Crippen molar-refractivity contribution >= 4 is 17.8 Å². The Kier molecular flexibility index (Phi) is 7.92. The molecule has 1 unspecified atom stereocenters. The first kappa shape index (κ1) is 27.4. The zero-order chi connectivity index (χ0) is 27.6. The summed E-state index contributed by atoms with van der Waals surface area (Å²) in [6, 6.07) is 17.1. The molecule has 0 spiro atoms. The van der Waals surface area contributed by atoms with Crippen molar-refractivity contribution in [1.29, 1.82) is 0 Å². The maximum absolute atomic E-state index is 13.7. The molecule has 4 rings (SSSR count). The van der Waals surface area contributed by atoms with E-state index < -0.39 is 6.04 Å². The van der Waals surface area contributed by atoms with E-state index in [4.69, 9.17) is 0 Å². The van der Waals surface area contributed by atoms with E-state index in [1.54, 1.807) is 16.8 Å². The van der Waals surface area contributed by atoms with E-state index in [9.17, 15) is 14.4 Å². The quantitative estimate of drug-likeness (QED) is 0.583. The summed E-state index contributed by atoms with van der Waals surface area (Å²) >= 11 is 0. The zero-order valence-corrected chi connectivity index (χ0v) is 23.3. The summed E-state index contributed by atoms with van der Waals surface area (Å²) in [6.45, 7) is 8.38. The Hall–Kier alpha value is -3.65. The van der Waals surface area contributed by atoms with Crippen molar-refractivity contribution < 1.29 is 14.4 Å². The van der Waals surface area contributed by atoms with Crippen LogP contribution in [0.3, 0.4) is 0 Å². The number of carbonyl (C=O) groups excluding carboxylic acids is 3. The van der Waals surface area contributed by atoms with Gasteiger partial charge in [0.25, 0.3) is 5.91 Å². The minimum Gasteiger partial charge on any atom is -0.336 e. The first-order chi connectivity index (χ1) is 18.0. The largest absolute Gasteiger partial charge is 0.336 e. The van der Waals surface area contributed by atoms with Crippen LogP contribution in [0.1, 0.15) is 43.5 Å². The van der Waals surface area contributed by atoms with E-state index in [0.29, 0.717) is 24.4 Å². The van der Waals surface area contributed by atoms with Gasteiger partial charge in [0.2, 0.25) is 5.91 Å². The second kappa shape index (κ2) is 11.0. The van der Waals surface area contributed by atoms with Crippen molar-refractivity contribution in [2.45, 2.75) is 38.8 Å². The molecule has 38 heavy (non-hydrogen) atoms. The Labute approximate surface area is 225 Å². The van der Waals surface area contributed by atoms with E-state index in [1.807, 2.05) is 73.6 Å². The topological polar surface area (TPSA) is 76.2 Å². The fraction of sp³-hybridized carbons (Fsp3) is 0.433. The van der Waals surface area contributed by atoms with Gasteiger partial charge in [-0.05, 0) is 36.2 Å². The van der Waals surface area contributed by atoms with Gasteiger partial charge < -0.3 is 20.0 Å². The molecule has 2 aliphatic rings. The highest BCUT2D eigenvalue weighted by Crippen LogP contribution is 2.36.